The van der Waals surface area contributed by atoms with Crippen molar-refractivity contribution >= 4 is 17.7 Å². The maximum atomic E-state index is 5.97. The van der Waals surface area contributed by atoms with Gasteiger partial charge in [-0.2, -0.15) is 0 Å². The average Bonchev–Trinajstić information content (AvgIpc) is 2.61. The Labute approximate surface area is 95.9 Å². The number of hydrogen-bond donors (Lipinski definition) is 1. The molecule has 0 amide bonds. The van der Waals surface area contributed by atoms with Gasteiger partial charge in [0.1, 0.15) is 0 Å². The van der Waals surface area contributed by atoms with Gasteiger partial charge in [0, 0.05) is 11.6 Å². The maximum Gasteiger partial charge on any atom is 0.0412 e. The smallest absolute Gasteiger partial charge is 0.0412 e. The third-order valence-corrected chi connectivity index (χ3v) is 3.43. The predicted molar refractivity (Wildman–Crippen MR) is 66.0 cm³/mol. The molecule has 0 radical (unpaired) electrons. The molecule has 2 N–H and O–H groups in total. The van der Waals surface area contributed by atoms with Gasteiger partial charge in [0.25, 0.3) is 0 Å². The van der Waals surface area contributed by atoms with Crippen molar-refractivity contribution in [2.45, 2.75) is 20.3 Å². The summed E-state index contributed by atoms with van der Waals surface area (Å²) in [6, 6.07) is 6.08. The van der Waals surface area contributed by atoms with Gasteiger partial charge < -0.3 is 5.73 Å². The molecule has 1 nitrogen and oxygen atoms in total. The lowest BCUT2D eigenvalue weighted by molar-refractivity contribution is 0.456. The van der Waals surface area contributed by atoms with Gasteiger partial charge >= 0.3 is 0 Å². The summed E-state index contributed by atoms with van der Waals surface area (Å²) in [6.07, 6.45) is 3.24. The summed E-state index contributed by atoms with van der Waals surface area (Å²) < 4.78 is 0. The Morgan fingerprint density at radius 2 is 2.13 bits per heavy atom. The highest BCUT2D eigenvalue weighted by Gasteiger charge is 2.25. The predicted octanol–water partition coefficient (Wildman–Crippen LogP) is 3.26. The van der Waals surface area contributed by atoms with E-state index in [4.69, 9.17) is 17.3 Å². The second-order valence-electron chi connectivity index (χ2n) is 4.78. The number of halogens is 1. The van der Waals surface area contributed by atoms with E-state index in [2.05, 4.69) is 26.0 Å². The first-order valence-corrected chi connectivity index (χ1v) is 5.60. The topological polar surface area (TPSA) is 26.0 Å². The zero-order valence-corrected chi connectivity index (χ0v) is 9.93. The largest absolute Gasteiger partial charge is 0.330 e. The van der Waals surface area contributed by atoms with Crippen LogP contribution in [0.2, 0.25) is 5.02 Å². The van der Waals surface area contributed by atoms with Crippen molar-refractivity contribution in [1.29, 1.82) is 0 Å². The Bertz CT molecular complexity index is 419. The van der Waals surface area contributed by atoms with Crippen LogP contribution >= 0.6 is 11.6 Å². The SMILES string of the molecule is CC(C)(CN)C1=Cc2cc(Cl)ccc2C1. The van der Waals surface area contributed by atoms with Crippen molar-refractivity contribution in [2.24, 2.45) is 11.1 Å². The Hall–Kier alpha value is -0.790. The first-order chi connectivity index (χ1) is 7.03. The van der Waals surface area contributed by atoms with E-state index in [9.17, 15) is 0 Å². The molecule has 0 heterocycles. The lowest BCUT2D eigenvalue weighted by Crippen LogP contribution is -2.25. The summed E-state index contributed by atoms with van der Waals surface area (Å²) in [7, 11) is 0. The van der Waals surface area contributed by atoms with Gasteiger partial charge in [0.2, 0.25) is 0 Å². The van der Waals surface area contributed by atoms with Gasteiger partial charge in [-0.25, -0.2) is 0 Å². The van der Waals surface area contributed by atoms with Gasteiger partial charge in [0.05, 0.1) is 0 Å². The van der Waals surface area contributed by atoms with Crippen LogP contribution < -0.4 is 5.73 Å². The minimum atomic E-state index is 0.0888. The molecule has 0 spiro atoms. The second-order valence-corrected chi connectivity index (χ2v) is 5.21. The van der Waals surface area contributed by atoms with E-state index in [1.165, 1.54) is 16.7 Å². The van der Waals surface area contributed by atoms with Crippen molar-refractivity contribution in [2.75, 3.05) is 6.54 Å². The quantitative estimate of drug-likeness (QED) is 0.815. The highest BCUT2D eigenvalue weighted by molar-refractivity contribution is 6.30. The van der Waals surface area contributed by atoms with Gasteiger partial charge in [-0.15, -0.1) is 0 Å². The fourth-order valence-corrected chi connectivity index (χ4v) is 2.05. The van der Waals surface area contributed by atoms with E-state index in [0.29, 0.717) is 6.54 Å². The maximum absolute atomic E-state index is 5.97. The molecule has 0 saturated heterocycles. The van der Waals surface area contributed by atoms with Crippen LogP contribution in [0.4, 0.5) is 0 Å². The second kappa shape index (κ2) is 3.66. The molecule has 0 aromatic heterocycles. The molecular formula is C13H16ClN. The Kier molecular flexibility index (Phi) is 2.61. The van der Waals surface area contributed by atoms with E-state index in [1.807, 2.05) is 12.1 Å². The van der Waals surface area contributed by atoms with Gasteiger partial charge in [-0.05, 0) is 35.1 Å². The molecule has 0 bridgehead atoms. The summed E-state index contributed by atoms with van der Waals surface area (Å²) in [5.41, 5.74) is 9.88. The zero-order chi connectivity index (χ0) is 11.1. The highest BCUT2D eigenvalue weighted by atomic mass is 35.5. The summed E-state index contributed by atoms with van der Waals surface area (Å²) >= 11 is 5.97. The van der Waals surface area contributed by atoms with Crippen molar-refractivity contribution < 1.29 is 0 Å². The van der Waals surface area contributed by atoms with E-state index < -0.39 is 0 Å². The van der Waals surface area contributed by atoms with Crippen LogP contribution in [0.1, 0.15) is 25.0 Å². The first-order valence-electron chi connectivity index (χ1n) is 5.22. The highest BCUT2D eigenvalue weighted by Crippen LogP contribution is 2.36. The molecule has 0 fully saturated rings. The molecule has 1 aliphatic carbocycles. The van der Waals surface area contributed by atoms with Crippen molar-refractivity contribution in [3.8, 4) is 0 Å². The third-order valence-electron chi connectivity index (χ3n) is 3.20. The molecule has 1 aliphatic rings. The van der Waals surface area contributed by atoms with Crippen LogP contribution in [-0.4, -0.2) is 6.54 Å². The molecule has 2 heteroatoms. The molecule has 0 atom stereocenters. The number of fused-ring (bicyclic) bond motifs is 1. The minimum Gasteiger partial charge on any atom is -0.330 e. The Balaban J connectivity index is 2.35. The average molecular weight is 222 g/mol. The summed E-state index contributed by atoms with van der Waals surface area (Å²) in [4.78, 5) is 0. The fourth-order valence-electron chi connectivity index (χ4n) is 1.87. The van der Waals surface area contributed by atoms with Gasteiger partial charge in [-0.1, -0.05) is 43.2 Å². The lowest BCUT2D eigenvalue weighted by Gasteiger charge is -2.24. The number of nitrogens with two attached hydrogens (primary N) is 1. The summed E-state index contributed by atoms with van der Waals surface area (Å²) in [5, 5.41) is 0.803. The fraction of sp³-hybridized carbons (Fsp3) is 0.385. The molecule has 1 aromatic carbocycles. The molecule has 80 valence electrons. The van der Waals surface area contributed by atoms with Crippen LogP contribution in [0.15, 0.2) is 23.8 Å². The van der Waals surface area contributed by atoms with E-state index in [1.54, 1.807) is 0 Å². The van der Waals surface area contributed by atoms with Crippen LogP contribution in [0, 0.1) is 5.41 Å². The first kappa shape index (κ1) is 10.7. The standard InChI is InChI=1S/C13H16ClN/c1-13(2,8-15)11-5-9-3-4-12(14)7-10(9)6-11/h3-4,6-7H,5,8,15H2,1-2H3. The number of rotatable bonds is 2. The molecule has 2 rings (SSSR count). The van der Waals surface area contributed by atoms with Crippen LogP contribution in [0.25, 0.3) is 6.08 Å². The van der Waals surface area contributed by atoms with E-state index in [0.717, 1.165) is 11.4 Å². The Morgan fingerprint density at radius 1 is 1.40 bits per heavy atom. The van der Waals surface area contributed by atoms with Crippen LogP contribution in [0.5, 0.6) is 0 Å². The van der Waals surface area contributed by atoms with Crippen molar-refractivity contribution in [3.63, 3.8) is 0 Å². The van der Waals surface area contributed by atoms with Gasteiger partial charge in [-0.3, -0.25) is 0 Å². The summed E-state index contributed by atoms with van der Waals surface area (Å²) in [6.45, 7) is 5.05. The van der Waals surface area contributed by atoms with Crippen LogP contribution in [0.3, 0.4) is 0 Å². The van der Waals surface area contributed by atoms with Crippen LogP contribution in [-0.2, 0) is 6.42 Å². The number of benzene rings is 1. The van der Waals surface area contributed by atoms with E-state index in [-0.39, 0.29) is 5.41 Å². The lowest BCUT2D eigenvalue weighted by atomic mass is 9.83. The summed E-state index contributed by atoms with van der Waals surface area (Å²) in [5.74, 6) is 0. The molecular weight excluding hydrogens is 206 g/mol. The third kappa shape index (κ3) is 1.95. The van der Waals surface area contributed by atoms with Crippen molar-refractivity contribution in [3.05, 3.63) is 39.9 Å². The zero-order valence-electron chi connectivity index (χ0n) is 9.18. The molecule has 0 aliphatic heterocycles. The molecule has 1 aromatic rings. The van der Waals surface area contributed by atoms with E-state index >= 15 is 0 Å². The van der Waals surface area contributed by atoms with Crippen molar-refractivity contribution in [1.82, 2.24) is 0 Å². The number of hydrogen-bond acceptors (Lipinski definition) is 1. The monoisotopic (exact) mass is 221 g/mol. The molecule has 0 saturated carbocycles. The Morgan fingerprint density at radius 3 is 2.80 bits per heavy atom. The molecule has 0 unspecified atom stereocenters. The minimum absolute atomic E-state index is 0.0888. The van der Waals surface area contributed by atoms with Gasteiger partial charge in [0.15, 0.2) is 0 Å². The molecule has 15 heavy (non-hydrogen) atoms. The normalized spacial score (nSPS) is 15.1.